The summed E-state index contributed by atoms with van der Waals surface area (Å²) in [6, 6.07) is 0. The average molecular weight is 513 g/mol. The van der Waals surface area contributed by atoms with Gasteiger partial charge in [-0.15, -0.1) is 0 Å². The van der Waals surface area contributed by atoms with Crippen LogP contribution in [0.5, 0.6) is 0 Å². The van der Waals surface area contributed by atoms with Gasteiger partial charge in [-0.2, -0.15) is 0 Å². The number of hydrogen-bond donors (Lipinski definition) is 1. The van der Waals surface area contributed by atoms with Crippen LogP contribution in [0.2, 0.25) is 0 Å². The minimum absolute atomic E-state index is 0.0281. The second-order valence-electron chi connectivity index (χ2n) is 7.25. The average Bonchev–Trinajstić information content (AvgIpc) is 2.87. The highest BCUT2D eigenvalue weighted by atomic mass is 16.6. The van der Waals surface area contributed by atoms with E-state index >= 15 is 0 Å². The van der Waals surface area contributed by atoms with Crippen LogP contribution in [0.25, 0.3) is 0 Å². The van der Waals surface area contributed by atoms with Gasteiger partial charge < -0.3 is 52.5 Å². The molecule has 0 rings (SSSR count). The minimum Gasteiger partial charge on any atom is -0.394 e. The maximum absolute atomic E-state index is 10.1. The van der Waals surface area contributed by atoms with Crippen molar-refractivity contribution in [3.63, 3.8) is 0 Å². The summed E-state index contributed by atoms with van der Waals surface area (Å²) >= 11 is 0. The number of carbonyl (C=O) groups is 1. The highest BCUT2D eigenvalue weighted by Crippen LogP contribution is 1.97. The van der Waals surface area contributed by atoms with Gasteiger partial charge in [0.05, 0.1) is 112 Å². The van der Waals surface area contributed by atoms with Crippen molar-refractivity contribution in [3.8, 4) is 0 Å². The van der Waals surface area contributed by atoms with Crippen molar-refractivity contribution < 1.29 is 52.5 Å². The highest BCUT2D eigenvalue weighted by molar-refractivity contribution is 5.49. The van der Waals surface area contributed by atoms with Crippen molar-refractivity contribution in [2.45, 2.75) is 25.7 Å². The molecule has 0 radical (unpaired) electrons. The number of aldehydes is 1. The minimum atomic E-state index is 0.0281. The lowest BCUT2D eigenvalue weighted by molar-refractivity contribution is -0.108. The van der Waals surface area contributed by atoms with Gasteiger partial charge in [0.1, 0.15) is 6.29 Å². The van der Waals surface area contributed by atoms with Crippen molar-refractivity contribution in [3.05, 3.63) is 0 Å². The molecule has 0 saturated heterocycles. The standard InChI is InChI=1S/C24H48O11/c25-5-4-9-27-7-2-1-3-8-28-11-13-30-15-17-32-19-21-34-23-24-35-22-20-33-18-16-31-14-12-29-10-6-26/h5,26H,1-4,6-24H2. The second-order valence-corrected chi connectivity index (χ2v) is 7.25. The lowest BCUT2D eigenvalue weighted by atomic mass is 10.2. The van der Waals surface area contributed by atoms with Crippen LogP contribution in [0.1, 0.15) is 25.7 Å². The first kappa shape index (κ1) is 34.3. The van der Waals surface area contributed by atoms with Gasteiger partial charge in [-0.25, -0.2) is 0 Å². The zero-order valence-electron chi connectivity index (χ0n) is 21.4. The topological polar surface area (TPSA) is 120 Å². The van der Waals surface area contributed by atoms with E-state index in [4.69, 9.17) is 47.7 Å². The van der Waals surface area contributed by atoms with E-state index in [1.54, 1.807) is 0 Å². The predicted molar refractivity (Wildman–Crippen MR) is 129 cm³/mol. The molecule has 0 bridgehead atoms. The molecule has 0 aromatic heterocycles. The molecule has 0 aliphatic carbocycles. The third-order valence-corrected chi connectivity index (χ3v) is 4.30. The number of hydrogen-bond acceptors (Lipinski definition) is 11. The predicted octanol–water partition coefficient (Wildman–Crippen LogP) is 0.887. The van der Waals surface area contributed by atoms with E-state index in [-0.39, 0.29) is 6.61 Å². The van der Waals surface area contributed by atoms with E-state index in [0.717, 1.165) is 32.2 Å². The van der Waals surface area contributed by atoms with Crippen molar-refractivity contribution in [1.29, 1.82) is 0 Å². The zero-order valence-corrected chi connectivity index (χ0v) is 21.4. The first-order valence-electron chi connectivity index (χ1n) is 12.7. The molecular weight excluding hydrogens is 464 g/mol. The molecule has 210 valence electrons. The van der Waals surface area contributed by atoms with Crippen LogP contribution in [0, 0.1) is 0 Å². The highest BCUT2D eigenvalue weighted by Gasteiger charge is 1.96. The Labute approximate surface area is 210 Å². The summed E-state index contributed by atoms with van der Waals surface area (Å²) in [6.07, 6.45) is 4.39. The summed E-state index contributed by atoms with van der Waals surface area (Å²) in [5.74, 6) is 0. The van der Waals surface area contributed by atoms with Crippen LogP contribution in [0.15, 0.2) is 0 Å². The second kappa shape index (κ2) is 33.3. The molecular formula is C24H48O11. The Balaban J connectivity index is 3.00. The first-order valence-corrected chi connectivity index (χ1v) is 12.7. The number of unbranched alkanes of at least 4 members (excludes halogenated alkanes) is 2. The van der Waals surface area contributed by atoms with E-state index in [2.05, 4.69) is 0 Å². The summed E-state index contributed by atoms with van der Waals surface area (Å²) in [4.78, 5) is 10.1. The molecule has 11 nitrogen and oxygen atoms in total. The van der Waals surface area contributed by atoms with Gasteiger partial charge in [-0.05, 0) is 19.3 Å². The smallest absolute Gasteiger partial charge is 0.122 e. The van der Waals surface area contributed by atoms with Crippen LogP contribution in [0.3, 0.4) is 0 Å². The molecule has 0 aliphatic rings. The van der Waals surface area contributed by atoms with Gasteiger partial charge in [0, 0.05) is 19.6 Å². The van der Waals surface area contributed by atoms with E-state index in [1.807, 2.05) is 0 Å². The molecule has 0 heterocycles. The maximum atomic E-state index is 10.1. The normalized spacial score (nSPS) is 11.3. The van der Waals surface area contributed by atoms with Crippen LogP contribution < -0.4 is 0 Å². The van der Waals surface area contributed by atoms with E-state index in [0.29, 0.717) is 119 Å². The SMILES string of the molecule is O=CCCOCCCCCOCCOCCOCCOCCOCCOCCOCCOCCO. The Bertz CT molecular complexity index is 388. The summed E-state index contributed by atoms with van der Waals surface area (Å²) in [7, 11) is 0. The van der Waals surface area contributed by atoms with E-state index in [1.165, 1.54) is 0 Å². The quantitative estimate of drug-likeness (QED) is 0.102. The van der Waals surface area contributed by atoms with E-state index in [9.17, 15) is 4.79 Å². The molecule has 0 spiro atoms. The Morgan fingerprint density at radius 2 is 0.657 bits per heavy atom. The van der Waals surface area contributed by atoms with Crippen LogP contribution in [-0.2, 0) is 47.4 Å². The fraction of sp³-hybridized carbons (Fsp3) is 0.958. The summed E-state index contributed by atoms with van der Waals surface area (Å²) in [5, 5.41) is 8.55. The Kier molecular flexibility index (Phi) is 32.6. The largest absolute Gasteiger partial charge is 0.394 e. The molecule has 0 atom stereocenters. The van der Waals surface area contributed by atoms with Gasteiger partial charge in [-0.1, -0.05) is 0 Å². The molecule has 0 unspecified atom stereocenters. The van der Waals surface area contributed by atoms with Crippen molar-refractivity contribution in [2.75, 3.05) is 126 Å². The molecule has 0 amide bonds. The van der Waals surface area contributed by atoms with Gasteiger partial charge >= 0.3 is 0 Å². The van der Waals surface area contributed by atoms with Crippen molar-refractivity contribution in [1.82, 2.24) is 0 Å². The fourth-order valence-electron chi connectivity index (χ4n) is 2.52. The Hall–Kier alpha value is -0.730. The molecule has 0 aliphatic heterocycles. The molecule has 0 aromatic rings. The fourth-order valence-corrected chi connectivity index (χ4v) is 2.52. The van der Waals surface area contributed by atoms with Crippen molar-refractivity contribution in [2.24, 2.45) is 0 Å². The Morgan fingerprint density at radius 3 is 0.971 bits per heavy atom. The molecule has 0 aromatic carbocycles. The third-order valence-electron chi connectivity index (χ3n) is 4.30. The van der Waals surface area contributed by atoms with Gasteiger partial charge in [0.25, 0.3) is 0 Å². The number of ether oxygens (including phenoxy) is 9. The third kappa shape index (κ3) is 33.3. The molecule has 0 saturated carbocycles. The van der Waals surface area contributed by atoms with Gasteiger partial charge in [0.2, 0.25) is 0 Å². The maximum Gasteiger partial charge on any atom is 0.122 e. The zero-order chi connectivity index (χ0) is 25.3. The first-order chi connectivity index (χ1) is 17.4. The number of carbonyl (C=O) groups excluding carboxylic acids is 1. The summed E-state index contributed by atoms with van der Waals surface area (Å²) in [5.41, 5.74) is 0. The molecule has 11 heteroatoms. The van der Waals surface area contributed by atoms with Crippen LogP contribution in [-0.4, -0.2) is 137 Å². The van der Waals surface area contributed by atoms with E-state index < -0.39 is 0 Å². The number of rotatable bonds is 32. The molecule has 1 N–H and O–H groups in total. The molecule has 35 heavy (non-hydrogen) atoms. The monoisotopic (exact) mass is 512 g/mol. The van der Waals surface area contributed by atoms with Gasteiger partial charge in [-0.3, -0.25) is 0 Å². The summed E-state index contributed by atoms with van der Waals surface area (Å²) < 4.78 is 48.3. The van der Waals surface area contributed by atoms with Gasteiger partial charge in [0.15, 0.2) is 0 Å². The van der Waals surface area contributed by atoms with Crippen molar-refractivity contribution >= 4 is 6.29 Å². The van der Waals surface area contributed by atoms with Crippen LogP contribution in [0.4, 0.5) is 0 Å². The lowest BCUT2D eigenvalue weighted by Gasteiger charge is -2.08. The number of aliphatic hydroxyl groups is 1. The molecule has 0 fully saturated rings. The number of aliphatic hydroxyl groups excluding tert-OH is 1. The Morgan fingerprint density at radius 1 is 0.371 bits per heavy atom. The lowest BCUT2D eigenvalue weighted by Crippen LogP contribution is -2.15. The van der Waals surface area contributed by atoms with Crippen LogP contribution >= 0.6 is 0 Å². The summed E-state index contributed by atoms with van der Waals surface area (Å²) in [6.45, 7) is 9.59.